The third-order valence-corrected chi connectivity index (χ3v) is 2.76. The van der Waals surface area contributed by atoms with Crippen LogP contribution in [-0.2, 0) is 14.3 Å². The van der Waals surface area contributed by atoms with Crippen molar-refractivity contribution in [3.05, 3.63) is 0 Å². The molecule has 0 aromatic rings. The number of ether oxygens (including phenoxy) is 2. The van der Waals surface area contributed by atoms with Crippen LogP contribution < -0.4 is 5.32 Å². The molecule has 0 aromatic heterocycles. The summed E-state index contributed by atoms with van der Waals surface area (Å²) >= 11 is 0. The average Bonchev–Trinajstić information content (AvgIpc) is 2.20. The van der Waals surface area contributed by atoms with E-state index >= 15 is 0 Å². The van der Waals surface area contributed by atoms with E-state index in [0.717, 1.165) is 25.7 Å². The smallest absolute Gasteiger partial charge is 0.207 e. The van der Waals surface area contributed by atoms with Gasteiger partial charge in [0.15, 0.2) is 5.79 Å². The number of hydrogen-bond acceptors (Lipinski definition) is 3. The summed E-state index contributed by atoms with van der Waals surface area (Å²) in [7, 11) is 3.24. The minimum atomic E-state index is -0.612. The first-order valence-corrected chi connectivity index (χ1v) is 4.59. The lowest BCUT2D eigenvalue weighted by Crippen LogP contribution is -2.54. The molecule has 1 aliphatic rings. The van der Waals surface area contributed by atoms with Gasteiger partial charge >= 0.3 is 0 Å². The third kappa shape index (κ3) is 2.00. The van der Waals surface area contributed by atoms with Gasteiger partial charge in [-0.15, -0.1) is 0 Å². The Kier molecular flexibility index (Phi) is 3.69. The SMILES string of the molecule is COC1(OC)CCCCC1NC=O. The van der Waals surface area contributed by atoms with Crippen molar-refractivity contribution in [3.8, 4) is 0 Å². The van der Waals surface area contributed by atoms with Crippen LogP contribution in [0.25, 0.3) is 0 Å². The quantitative estimate of drug-likeness (QED) is 0.519. The summed E-state index contributed by atoms with van der Waals surface area (Å²) in [5.41, 5.74) is 0. The zero-order valence-electron chi connectivity index (χ0n) is 8.21. The molecule has 1 unspecified atom stereocenters. The van der Waals surface area contributed by atoms with Gasteiger partial charge in [-0.05, 0) is 12.8 Å². The van der Waals surface area contributed by atoms with Crippen molar-refractivity contribution in [3.63, 3.8) is 0 Å². The number of rotatable bonds is 4. The number of carbonyl (C=O) groups excluding carboxylic acids is 1. The Morgan fingerprint density at radius 1 is 1.38 bits per heavy atom. The molecule has 0 heterocycles. The molecule has 1 N–H and O–H groups in total. The third-order valence-electron chi connectivity index (χ3n) is 2.76. The molecule has 76 valence electrons. The Morgan fingerprint density at radius 3 is 2.62 bits per heavy atom. The van der Waals surface area contributed by atoms with Gasteiger partial charge in [-0.25, -0.2) is 0 Å². The highest BCUT2D eigenvalue weighted by atomic mass is 16.7. The fraction of sp³-hybridized carbons (Fsp3) is 0.889. The van der Waals surface area contributed by atoms with E-state index in [2.05, 4.69) is 5.32 Å². The van der Waals surface area contributed by atoms with Crippen molar-refractivity contribution in [1.29, 1.82) is 0 Å². The maximum absolute atomic E-state index is 10.4. The molecular formula is C9H17NO3. The summed E-state index contributed by atoms with van der Waals surface area (Å²) in [6.07, 6.45) is 4.66. The molecule has 0 bridgehead atoms. The fourth-order valence-electron chi connectivity index (χ4n) is 1.98. The molecule has 1 atom stereocenters. The molecule has 1 saturated carbocycles. The van der Waals surface area contributed by atoms with Gasteiger partial charge in [0.2, 0.25) is 6.41 Å². The van der Waals surface area contributed by atoms with Crippen LogP contribution in [0.1, 0.15) is 25.7 Å². The summed E-state index contributed by atoms with van der Waals surface area (Å²) in [6.45, 7) is 0. The molecule has 1 rings (SSSR count). The number of carbonyl (C=O) groups is 1. The summed E-state index contributed by atoms with van der Waals surface area (Å²) in [5, 5.41) is 2.75. The zero-order chi connectivity index (χ0) is 9.73. The molecule has 1 fully saturated rings. The Bertz CT molecular complexity index is 168. The molecule has 1 amide bonds. The second-order valence-corrected chi connectivity index (χ2v) is 3.30. The average molecular weight is 187 g/mol. The highest BCUT2D eigenvalue weighted by molar-refractivity contribution is 5.47. The standard InChI is InChI=1S/C9H17NO3/c1-12-9(13-2)6-4-3-5-8(9)10-7-11/h7-8H,3-6H2,1-2H3,(H,10,11). The molecular weight excluding hydrogens is 170 g/mol. The van der Waals surface area contributed by atoms with Crippen molar-refractivity contribution >= 4 is 6.41 Å². The van der Waals surface area contributed by atoms with Crippen LogP contribution in [0, 0.1) is 0 Å². The molecule has 13 heavy (non-hydrogen) atoms. The minimum absolute atomic E-state index is 0.0197. The number of nitrogens with one attached hydrogen (secondary N) is 1. The van der Waals surface area contributed by atoms with Gasteiger partial charge < -0.3 is 14.8 Å². The van der Waals surface area contributed by atoms with E-state index in [1.54, 1.807) is 14.2 Å². The lowest BCUT2D eigenvalue weighted by molar-refractivity contribution is -0.237. The summed E-state index contributed by atoms with van der Waals surface area (Å²) in [5.74, 6) is -0.612. The summed E-state index contributed by atoms with van der Waals surface area (Å²) in [4.78, 5) is 10.4. The fourth-order valence-corrected chi connectivity index (χ4v) is 1.98. The first kappa shape index (κ1) is 10.5. The van der Waals surface area contributed by atoms with Gasteiger partial charge in [0, 0.05) is 20.6 Å². The molecule has 4 heteroatoms. The van der Waals surface area contributed by atoms with Crippen LogP contribution in [0.2, 0.25) is 0 Å². The van der Waals surface area contributed by atoms with E-state index in [4.69, 9.17) is 9.47 Å². The van der Waals surface area contributed by atoms with Gasteiger partial charge in [-0.2, -0.15) is 0 Å². The molecule has 0 aromatic carbocycles. The van der Waals surface area contributed by atoms with Crippen LogP contribution in [0.4, 0.5) is 0 Å². The predicted molar refractivity (Wildman–Crippen MR) is 48.2 cm³/mol. The molecule has 4 nitrogen and oxygen atoms in total. The molecule has 0 saturated heterocycles. The van der Waals surface area contributed by atoms with Crippen molar-refractivity contribution in [2.24, 2.45) is 0 Å². The van der Waals surface area contributed by atoms with Crippen molar-refractivity contribution in [2.45, 2.75) is 37.5 Å². The van der Waals surface area contributed by atoms with Crippen LogP contribution >= 0.6 is 0 Å². The van der Waals surface area contributed by atoms with E-state index < -0.39 is 5.79 Å². The van der Waals surface area contributed by atoms with E-state index in [1.165, 1.54) is 0 Å². The van der Waals surface area contributed by atoms with E-state index in [-0.39, 0.29) is 6.04 Å². The van der Waals surface area contributed by atoms with Gasteiger partial charge in [-0.3, -0.25) is 4.79 Å². The minimum Gasteiger partial charge on any atom is -0.351 e. The largest absolute Gasteiger partial charge is 0.351 e. The highest BCUT2D eigenvalue weighted by Crippen LogP contribution is 2.31. The lowest BCUT2D eigenvalue weighted by atomic mass is 9.89. The zero-order valence-corrected chi connectivity index (χ0v) is 8.21. The predicted octanol–water partition coefficient (Wildman–Crippen LogP) is 0.664. The van der Waals surface area contributed by atoms with Crippen LogP contribution in [-0.4, -0.2) is 32.5 Å². The second-order valence-electron chi connectivity index (χ2n) is 3.30. The van der Waals surface area contributed by atoms with Crippen LogP contribution in [0.15, 0.2) is 0 Å². The van der Waals surface area contributed by atoms with Gasteiger partial charge in [0.1, 0.15) is 0 Å². The van der Waals surface area contributed by atoms with Gasteiger partial charge in [0.05, 0.1) is 6.04 Å². The van der Waals surface area contributed by atoms with Crippen molar-refractivity contribution in [1.82, 2.24) is 5.32 Å². The summed E-state index contributed by atoms with van der Waals surface area (Å²) < 4.78 is 10.7. The maximum Gasteiger partial charge on any atom is 0.207 e. The highest BCUT2D eigenvalue weighted by Gasteiger charge is 2.41. The Morgan fingerprint density at radius 2 is 2.08 bits per heavy atom. The first-order valence-electron chi connectivity index (χ1n) is 4.59. The number of amides is 1. The van der Waals surface area contributed by atoms with E-state index in [0.29, 0.717) is 6.41 Å². The monoisotopic (exact) mass is 187 g/mol. The van der Waals surface area contributed by atoms with Crippen LogP contribution in [0.5, 0.6) is 0 Å². The Balaban J connectivity index is 2.68. The van der Waals surface area contributed by atoms with E-state index in [1.807, 2.05) is 0 Å². The lowest BCUT2D eigenvalue weighted by Gasteiger charge is -2.41. The van der Waals surface area contributed by atoms with Gasteiger partial charge in [0.25, 0.3) is 0 Å². The maximum atomic E-state index is 10.4. The Hall–Kier alpha value is -0.610. The number of hydrogen-bond donors (Lipinski definition) is 1. The molecule has 0 spiro atoms. The molecule has 1 aliphatic carbocycles. The molecule has 0 radical (unpaired) electrons. The van der Waals surface area contributed by atoms with Gasteiger partial charge in [-0.1, -0.05) is 6.42 Å². The summed E-state index contributed by atoms with van der Waals surface area (Å²) in [6, 6.07) is -0.0197. The van der Waals surface area contributed by atoms with Crippen molar-refractivity contribution < 1.29 is 14.3 Å². The molecule has 0 aliphatic heterocycles. The van der Waals surface area contributed by atoms with Crippen LogP contribution in [0.3, 0.4) is 0 Å². The normalized spacial score (nSPS) is 26.8. The Labute approximate surface area is 78.6 Å². The first-order chi connectivity index (χ1) is 6.29. The topological polar surface area (TPSA) is 47.6 Å². The van der Waals surface area contributed by atoms with E-state index in [9.17, 15) is 4.79 Å². The van der Waals surface area contributed by atoms with Crippen molar-refractivity contribution in [2.75, 3.05) is 14.2 Å². The number of methoxy groups -OCH3 is 2. The second kappa shape index (κ2) is 4.58.